The minimum absolute atomic E-state index is 0.368. The van der Waals surface area contributed by atoms with E-state index in [0.717, 1.165) is 16.8 Å². The molecule has 0 amide bonds. The maximum atomic E-state index is 6.09. The first-order chi connectivity index (χ1) is 7.20. The summed E-state index contributed by atoms with van der Waals surface area (Å²) in [4.78, 5) is 4.21. The lowest BCUT2D eigenvalue weighted by atomic mass is 10.1. The van der Waals surface area contributed by atoms with Crippen molar-refractivity contribution in [1.29, 1.82) is 0 Å². The Bertz CT molecular complexity index is 479. The zero-order chi connectivity index (χ0) is 10.8. The Hall–Kier alpha value is -1.32. The van der Waals surface area contributed by atoms with Crippen molar-refractivity contribution in [2.75, 3.05) is 0 Å². The fraction of sp³-hybridized carbons (Fsp3) is 0.182. The van der Waals surface area contributed by atoms with Crippen LogP contribution in [0.1, 0.15) is 11.3 Å². The molecule has 0 unspecified atom stereocenters. The molecule has 0 saturated heterocycles. The summed E-state index contributed by atoms with van der Waals surface area (Å²) in [7, 11) is 0. The summed E-state index contributed by atoms with van der Waals surface area (Å²) in [6, 6.07) is 5.74. The monoisotopic (exact) mass is 222 g/mol. The van der Waals surface area contributed by atoms with Crippen molar-refractivity contribution in [3.63, 3.8) is 0 Å². The van der Waals surface area contributed by atoms with Crippen LogP contribution in [0.2, 0.25) is 5.02 Å². The Morgan fingerprint density at radius 2 is 2.27 bits per heavy atom. The second-order valence-corrected chi connectivity index (χ2v) is 3.74. The molecule has 2 N–H and O–H groups in total. The molecule has 0 saturated carbocycles. The van der Waals surface area contributed by atoms with E-state index in [1.165, 1.54) is 0 Å². The van der Waals surface area contributed by atoms with E-state index in [0.29, 0.717) is 17.5 Å². The number of nitrogens with two attached hydrogens (primary N) is 1. The Balaban J connectivity index is 2.44. The summed E-state index contributed by atoms with van der Waals surface area (Å²) in [5.41, 5.74) is 8.07. The van der Waals surface area contributed by atoms with Gasteiger partial charge in [0.05, 0.1) is 16.3 Å². The highest BCUT2D eigenvalue weighted by Gasteiger charge is 2.09. The minimum atomic E-state index is 0.368. The molecule has 1 aromatic heterocycles. The van der Waals surface area contributed by atoms with Gasteiger partial charge in [-0.3, -0.25) is 0 Å². The van der Waals surface area contributed by atoms with E-state index in [2.05, 4.69) is 4.98 Å². The predicted molar refractivity (Wildman–Crippen MR) is 59.6 cm³/mol. The Labute approximate surface area is 92.9 Å². The van der Waals surface area contributed by atoms with Gasteiger partial charge in [0.2, 0.25) is 5.89 Å². The van der Waals surface area contributed by atoms with Gasteiger partial charge in [0.25, 0.3) is 0 Å². The highest BCUT2D eigenvalue weighted by Crippen LogP contribution is 2.27. The highest BCUT2D eigenvalue weighted by molar-refractivity contribution is 6.33. The molecule has 0 fully saturated rings. The maximum absolute atomic E-state index is 6.09. The normalized spacial score (nSPS) is 10.6. The van der Waals surface area contributed by atoms with Gasteiger partial charge in [-0.1, -0.05) is 17.7 Å². The molecule has 3 nitrogen and oxygen atoms in total. The molecule has 0 bridgehead atoms. The number of hydrogen-bond acceptors (Lipinski definition) is 3. The fourth-order valence-corrected chi connectivity index (χ4v) is 1.63. The molecule has 1 heterocycles. The van der Waals surface area contributed by atoms with Gasteiger partial charge in [-0.05, 0) is 24.6 Å². The van der Waals surface area contributed by atoms with Crippen LogP contribution in [0.5, 0.6) is 0 Å². The van der Waals surface area contributed by atoms with E-state index in [1.807, 2.05) is 25.1 Å². The van der Waals surface area contributed by atoms with E-state index in [9.17, 15) is 0 Å². The van der Waals surface area contributed by atoms with Gasteiger partial charge < -0.3 is 10.2 Å². The van der Waals surface area contributed by atoms with Crippen molar-refractivity contribution >= 4 is 11.6 Å². The van der Waals surface area contributed by atoms with Gasteiger partial charge in [0.15, 0.2) is 0 Å². The van der Waals surface area contributed by atoms with Crippen LogP contribution in [-0.4, -0.2) is 4.98 Å². The first-order valence-electron chi connectivity index (χ1n) is 4.61. The first-order valence-corrected chi connectivity index (χ1v) is 4.99. The van der Waals surface area contributed by atoms with Crippen LogP contribution in [0.4, 0.5) is 0 Å². The third-order valence-corrected chi connectivity index (χ3v) is 2.43. The Morgan fingerprint density at radius 3 is 2.87 bits per heavy atom. The highest BCUT2D eigenvalue weighted by atomic mass is 35.5. The van der Waals surface area contributed by atoms with Crippen molar-refractivity contribution in [1.82, 2.24) is 4.98 Å². The van der Waals surface area contributed by atoms with Gasteiger partial charge in [0, 0.05) is 6.54 Å². The van der Waals surface area contributed by atoms with Gasteiger partial charge >= 0.3 is 0 Å². The molecule has 78 valence electrons. The predicted octanol–water partition coefficient (Wildman–Crippen LogP) is 2.76. The summed E-state index contributed by atoms with van der Waals surface area (Å²) >= 11 is 6.09. The molecule has 0 aliphatic carbocycles. The van der Waals surface area contributed by atoms with Gasteiger partial charge in [-0.25, -0.2) is 4.98 Å². The summed E-state index contributed by atoms with van der Waals surface area (Å²) < 4.78 is 5.29. The maximum Gasteiger partial charge on any atom is 0.227 e. The summed E-state index contributed by atoms with van der Waals surface area (Å²) in [5.74, 6) is 0.514. The zero-order valence-corrected chi connectivity index (χ0v) is 9.08. The largest absolute Gasteiger partial charge is 0.444 e. The summed E-state index contributed by atoms with van der Waals surface area (Å²) in [6.07, 6.45) is 1.55. The second kappa shape index (κ2) is 4.04. The molecule has 0 aliphatic heterocycles. The van der Waals surface area contributed by atoms with Crippen molar-refractivity contribution < 1.29 is 4.42 Å². The third-order valence-electron chi connectivity index (χ3n) is 2.12. The second-order valence-electron chi connectivity index (χ2n) is 3.33. The minimum Gasteiger partial charge on any atom is -0.444 e. The number of aromatic nitrogens is 1. The number of rotatable bonds is 2. The molecule has 4 heteroatoms. The van der Waals surface area contributed by atoms with Gasteiger partial charge in [0.1, 0.15) is 6.26 Å². The fourth-order valence-electron chi connectivity index (χ4n) is 1.32. The lowest BCUT2D eigenvalue weighted by Gasteiger charge is -2.00. The molecule has 0 atom stereocenters. The average Bonchev–Trinajstić information content (AvgIpc) is 2.66. The van der Waals surface area contributed by atoms with Crippen molar-refractivity contribution in [3.8, 4) is 11.5 Å². The number of nitrogens with zero attached hydrogens (tertiary/aromatic N) is 1. The van der Waals surface area contributed by atoms with Crippen LogP contribution in [0.25, 0.3) is 11.5 Å². The summed E-state index contributed by atoms with van der Waals surface area (Å²) in [5, 5.41) is 0.639. The molecular weight excluding hydrogens is 212 g/mol. The van der Waals surface area contributed by atoms with E-state index >= 15 is 0 Å². The lowest BCUT2D eigenvalue weighted by molar-refractivity contribution is 0.572. The van der Waals surface area contributed by atoms with E-state index in [4.69, 9.17) is 21.8 Å². The first kappa shape index (κ1) is 10.2. The molecule has 0 aliphatic rings. The standard InChI is InChI=1S/C11H11ClN2O/c1-7-2-3-9(10(12)4-7)11-14-8(5-13)6-15-11/h2-4,6H,5,13H2,1H3. The number of oxazole rings is 1. The van der Waals surface area contributed by atoms with Crippen molar-refractivity contribution in [2.24, 2.45) is 5.73 Å². The molecule has 15 heavy (non-hydrogen) atoms. The van der Waals surface area contributed by atoms with Crippen LogP contribution >= 0.6 is 11.6 Å². The van der Waals surface area contributed by atoms with Crippen molar-refractivity contribution in [3.05, 3.63) is 40.7 Å². The zero-order valence-electron chi connectivity index (χ0n) is 8.33. The quantitative estimate of drug-likeness (QED) is 0.850. The Kier molecular flexibility index (Phi) is 2.75. The molecule has 2 aromatic rings. The van der Waals surface area contributed by atoms with Gasteiger partial charge in [-0.2, -0.15) is 0 Å². The van der Waals surface area contributed by atoms with E-state index in [1.54, 1.807) is 6.26 Å². The molecular formula is C11H11ClN2O. The molecule has 2 rings (SSSR count). The smallest absolute Gasteiger partial charge is 0.227 e. The number of halogens is 1. The number of hydrogen-bond donors (Lipinski definition) is 1. The van der Waals surface area contributed by atoms with E-state index in [-0.39, 0.29) is 0 Å². The van der Waals surface area contributed by atoms with Crippen LogP contribution in [0, 0.1) is 6.92 Å². The molecule has 1 aromatic carbocycles. The average molecular weight is 223 g/mol. The topological polar surface area (TPSA) is 52.0 Å². The summed E-state index contributed by atoms with van der Waals surface area (Å²) in [6.45, 7) is 2.35. The number of benzene rings is 1. The SMILES string of the molecule is Cc1ccc(-c2nc(CN)co2)c(Cl)c1. The number of aryl methyl sites for hydroxylation is 1. The van der Waals surface area contributed by atoms with Crippen LogP contribution in [0.3, 0.4) is 0 Å². The van der Waals surface area contributed by atoms with Crippen LogP contribution in [-0.2, 0) is 6.54 Å². The van der Waals surface area contributed by atoms with Gasteiger partial charge in [-0.15, -0.1) is 0 Å². The van der Waals surface area contributed by atoms with E-state index < -0.39 is 0 Å². The van der Waals surface area contributed by atoms with Crippen molar-refractivity contribution in [2.45, 2.75) is 13.5 Å². The van der Waals surface area contributed by atoms with Crippen LogP contribution < -0.4 is 5.73 Å². The molecule has 0 radical (unpaired) electrons. The van der Waals surface area contributed by atoms with Crippen LogP contribution in [0.15, 0.2) is 28.9 Å². The Morgan fingerprint density at radius 1 is 1.47 bits per heavy atom. The molecule has 0 spiro atoms. The third kappa shape index (κ3) is 2.03. The lowest BCUT2D eigenvalue weighted by Crippen LogP contribution is -1.95.